The standard InChI is InChI=1S/C11H19N2O/c1-4-9-14-10-13-7-5-11(6-8-13)12(2)3/h5-8H,4,9-10H2,1-3H3/q+1. The van der Waals surface area contributed by atoms with Crippen LogP contribution in [0.5, 0.6) is 0 Å². The van der Waals surface area contributed by atoms with Gasteiger partial charge in [-0.2, -0.15) is 4.57 Å². The molecule has 0 unspecified atom stereocenters. The second kappa shape index (κ2) is 5.60. The van der Waals surface area contributed by atoms with Crippen LogP contribution in [0.3, 0.4) is 0 Å². The second-order valence-corrected chi connectivity index (χ2v) is 3.50. The molecule has 0 aromatic carbocycles. The summed E-state index contributed by atoms with van der Waals surface area (Å²) < 4.78 is 7.45. The maximum atomic E-state index is 5.42. The van der Waals surface area contributed by atoms with Crippen molar-refractivity contribution in [3.05, 3.63) is 24.5 Å². The Kier molecular flexibility index (Phi) is 4.40. The van der Waals surface area contributed by atoms with Crippen LogP contribution in [-0.4, -0.2) is 20.7 Å². The van der Waals surface area contributed by atoms with Crippen molar-refractivity contribution in [2.45, 2.75) is 20.1 Å². The lowest BCUT2D eigenvalue weighted by Gasteiger charge is -2.10. The SMILES string of the molecule is CCCOC[n+]1ccc(N(C)C)cc1. The van der Waals surface area contributed by atoms with Crippen LogP contribution in [0.15, 0.2) is 24.5 Å². The largest absolute Gasteiger partial charge is 0.377 e. The fourth-order valence-corrected chi connectivity index (χ4v) is 1.15. The molecule has 1 heterocycles. The minimum absolute atomic E-state index is 0.640. The third-order valence-electron chi connectivity index (χ3n) is 1.98. The highest BCUT2D eigenvalue weighted by molar-refractivity contribution is 5.41. The summed E-state index contributed by atoms with van der Waals surface area (Å²) in [5.74, 6) is 0. The predicted molar refractivity (Wildman–Crippen MR) is 57.2 cm³/mol. The number of hydrogen-bond donors (Lipinski definition) is 0. The Morgan fingerprint density at radius 2 is 1.93 bits per heavy atom. The lowest BCUT2D eigenvalue weighted by molar-refractivity contribution is -0.732. The number of rotatable bonds is 5. The first kappa shape index (κ1) is 11.0. The lowest BCUT2D eigenvalue weighted by Crippen LogP contribution is -2.34. The van der Waals surface area contributed by atoms with Crippen LogP contribution in [-0.2, 0) is 11.5 Å². The minimum Gasteiger partial charge on any atom is -0.377 e. The summed E-state index contributed by atoms with van der Waals surface area (Å²) in [4.78, 5) is 2.08. The van der Waals surface area contributed by atoms with Crippen LogP contribution in [0, 0.1) is 0 Å². The van der Waals surface area contributed by atoms with Gasteiger partial charge in [0, 0.05) is 31.9 Å². The molecule has 3 heteroatoms. The summed E-state index contributed by atoms with van der Waals surface area (Å²) in [5, 5.41) is 0. The van der Waals surface area contributed by atoms with Crippen LogP contribution >= 0.6 is 0 Å². The van der Waals surface area contributed by atoms with Crippen molar-refractivity contribution in [1.29, 1.82) is 0 Å². The van der Waals surface area contributed by atoms with E-state index in [-0.39, 0.29) is 0 Å². The first-order chi connectivity index (χ1) is 6.74. The van der Waals surface area contributed by atoms with Gasteiger partial charge >= 0.3 is 0 Å². The van der Waals surface area contributed by atoms with Crippen molar-refractivity contribution in [1.82, 2.24) is 0 Å². The van der Waals surface area contributed by atoms with Gasteiger partial charge in [-0.05, 0) is 6.42 Å². The van der Waals surface area contributed by atoms with Gasteiger partial charge in [-0.1, -0.05) is 6.92 Å². The molecule has 14 heavy (non-hydrogen) atoms. The number of aromatic nitrogens is 1. The Morgan fingerprint density at radius 3 is 2.43 bits per heavy atom. The molecule has 0 fully saturated rings. The van der Waals surface area contributed by atoms with Gasteiger partial charge in [0.25, 0.3) is 6.73 Å². The third kappa shape index (κ3) is 3.34. The van der Waals surface area contributed by atoms with Crippen molar-refractivity contribution in [3.63, 3.8) is 0 Å². The molecule has 0 saturated carbocycles. The fraction of sp³-hybridized carbons (Fsp3) is 0.545. The molecule has 1 aromatic heterocycles. The van der Waals surface area contributed by atoms with E-state index >= 15 is 0 Å². The summed E-state index contributed by atoms with van der Waals surface area (Å²) in [7, 11) is 4.07. The third-order valence-corrected chi connectivity index (χ3v) is 1.98. The Bertz CT molecular complexity index is 256. The average molecular weight is 195 g/mol. The monoisotopic (exact) mass is 195 g/mol. The molecule has 0 bridgehead atoms. The summed E-state index contributed by atoms with van der Waals surface area (Å²) >= 11 is 0. The summed E-state index contributed by atoms with van der Waals surface area (Å²) in [6.07, 6.45) is 5.13. The van der Waals surface area contributed by atoms with Gasteiger partial charge in [-0.25, -0.2) is 0 Å². The highest BCUT2D eigenvalue weighted by Crippen LogP contribution is 2.05. The number of hydrogen-bond acceptors (Lipinski definition) is 2. The molecule has 1 aromatic rings. The second-order valence-electron chi connectivity index (χ2n) is 3.50. The van der Waals surface area contributed by atoms with Gasteiger partial charge in [0.2, 0.25) is 0 Å². The lowest BCUT2D eigenvalue weighted by atomic mass is 10.4. The minimum atomic E-state index is 0.640. The predicted octanol–water partition coefficient (Wildman–Crippen LogP) is 1.42. The maximum Gasteiger partial charge on any atom is 0.252 e. The highest BCUT2D eigenvalue weighted by Gasteiger charge is 2.00. The molecule has 78 valence electrons. The van der Waals surface area contributed by atoms with Crippen molar-refractivity contribution < 1.29 is 9.30 Å². The first-order valence-electron chi connectivity index (χ1n) is 4.98. The quantitative estimate of drug-likeness (QED) is 0.522. The Balaban J connectivity index is 2.47. The van der Waals surface area contributed by atoms with Crippen LogP contribution in [0.2, 0.25) is 0 Å². The van der Waals surface area contributed by atoms with Gasteiger partial charge in [-0.3, -0.25) is 0 Å². The number of pyridine rings is 1. The van der Waals surface area contributed by atoms with Crippen molar-refractivity contribution in [3.8, 4) is 0 Å². The molecule has 0 amide bonds. The number of ether oxygens (including phenoxy) is 1. The van der Waals surface area contributed by atoms with E-state index in [0.29, 0.717) is 6.73 Å². The molecule has 0 saturated heterocycles. The van der Waals surface area contributed by atoms with E-state index in [4.69, 9.17) is 4.74 Å². The molecule has 0 aliphatic carbocycles. The van der Waals surface area contributed by atoms with Gasteiger partial charge in [0.15, 0.2) is 12.4 Å². The molecular formula is C11H19N2O+. The van der Waals surface area contributed by atoms with Crippen molar-refractivity contribution in [2.24, 2.45) is 0 Å². The fourth-order valence-electron chi connectivity index (χ4n) is 1.15. The normalized spacial score (nSPS) is 10.2. The van der Waals surface area contributed by atoms with Gasteiger partial charge < -0.3 is 9.64 Å². The molecule has 3 nitrogen and oxygen atoms in total. The Hall–Kier alpha value is -1.09. The first-order valence-corrected chi connectivity index (χ1v) is 4.98. The molecule has 0 aliphatic rings. The smallest absolute Gasteiger partial charge is 0.252 e. The van der Waals surface area contributed by atoms with Gasteiger partial charge in [0.05, 0.1) is 6.61 Å². The number of anilines is 1. The van der Waals surface area contributed by atoms with Crippen LogP contribution in [0.4, 0.5) is 5.69 Å². The highest BCUT2D eigenvalue weighted by atomic mass is 16.5. The molecule has 0 aliphatic heterocycles. The summed E-state index contributed by atoms with van der Waals surface area (Å²) in [6.45, 7) is 3.57. The van der Waals surface area contributed by atoms with E-state index in [1.807, 2.05) is 31.1 Å². The van der Waals surface area contributed by atoms with E-state index < -0.39 is 0 Å². The van der Waals surface area contributed by atoms with Gasteiger partial charge in [-0.15, -0.1) is 0 Å². The zero-order valence-corrected chi connectivity index (χ0v) is 9.23. The molecule has 0 atom stereocenters. The van der Waals surface area contributed by atoms with E-state index in [0.717, 1.165) is 13.0 Å². The van der Waals surface area contributed by atoms with Crippen LogP contribution in [0.1, 0.15) is 13.3 Å². The number of nitrogens with zero attached hydrogens (tertiary/aromatic N) is 2. The van der Waals surface area contributed by atoms with E-state index in [2.05, 4.69) is 24.0 Å². The van der Waals surface area contributed by atoms with E-state index in [1.165, 1.54) is 5.69 Å². The molecule has 0 N–H and O–H groups in total. The van der Waals surface area contributed by atoms with Gasteiger partial charge in [0.1, 0.15) is 0 Å². The Morgan fingerprint density at radius 1 is 1.29 bits per heavy atom. The van der Waals surface area contributed by atoms with Crippen LogP contribution in [0.25, 0.3) is 0 Å². The van der Waals surface area contributed by atoms with E-state index in [1.54, 1.807) is 0 Å². The summed E-state index contributed by atoms with van der Waals surface area (Å²) in [5.41, 5.74) is 1.21. The van der Waals surface area contributed by atoms with Crippen molar-refractivity contribution >= 4 is 5.69 Å². The van der Waals surface area contributed by atoms with Crippen molar-refractivity contribution in [2.75, 3.05) is 25.6 Å². The molecular weight excluding hydrogens is 176 g/mol. The molecule has 1 rings (SSSR count). The zero-order valence-electron chi connectivity index (χ0n) is 9.23. The summed E-state index contributed by atoms with van der Waals surface area (Å²) in [6, 6.07) is 4.16. The maximum absolute atomic E-state index is 5.42. The van der Waals surface area contributed by atoms with E-state index in [9.17, 15) is 0 Å². The molecule has 0 spiro atoms. The van der Waals surface area contributed by atoms with Crippen LogP contribution < -0.4 is 9.47 Å². The zero-order chi connectivity index (χ0) is 10.4. The Labute approximate surface area is 85.9 Å². The molecule has 0 radical (unpaired) electrons. The average Bonchev–Trinajstić information content (AvgIpc) is 2.19. The topological polar surface area (TPSA) is 16.4 Å².